The fraction of sp³-hybridized carbons (Fsp3) is 0.130. The highest BCUT2D eigenvalue weighted by Crippen LogP contribution is 2.58. The Bertz CT molecular complexity index is 962. The standard InChI is InChI=1S/C23H18Br2N2O/c24-19-13-11-16(12-14-19)21(25)26-27-22(28)20-15-23(20,17-7-3-1-4-8-17)18-9-5-2-6-10-18/h1-14,20H,15H2,(H,27,28)/b26-21-. The van der Waals surface area contributed by atoms with E-state index in [0.717, 1.165) is 27.6 Å². The van der Waals surface area contributed by atoms with Gasteiger partial charge in [-0.3, -0.25) is 4.79 Å². The molecule has 1 unspecified atom stereocenters. The van der Waals surface area contributed by atoms with Gasteiger partial charge in [-0.2, -0.15) is 5.10 Å². The number of hydrazone groups is 1. The van der Waals surface area contributed by atoms with Crippen LogP contribution in [0, 0.1) is 5.92 Å². The zero-order valence-electron chi connectivity index (χ0n) is 15.0. The molecular formula is C23H18Br2N2O. The normalized spacial score (nSPS) is 17.8. The van der Waals surface area contributed by atoms with Gasteiger partial charge in [0.15, 0.2) is 0 Å². The highest BCUT2D eigenvalue weighted by atomic mass is 79.9. The maximum absolute atomic E-state index is 12.9. The van der Waals surface area contributed by atoms with Gasteiger partial charge in [-0.05, 0) is 45.6 Å². The zero-order valence-corrected chi connectivity index (χ0v) is 18.2. The first kappa shape index (κ1) is 19.1. The van der Waals surface area contributed by atoms with Crippen molar-refractivity contribution < 1.29 is 4.79 Å². The minimum atomic E-state index is -0.286. The molecular weight excluding hydrogens is 480 g/mol. The largest absolute Gasteiger partial charge is 0.273 e. The molecule has 140 valence electrons. The highest BCUT2D eigenvalue weighted by Gasteiger charge is 2.60. The topological polar surface area (TPSA) is 41.5 Å². The van der Waals surface area contributed by atoms with E-state index in [1.54, 1.807) is 0 Å². The molecule has 1 atom stereocenters. The van der Waals surface area contributed by atoms with Crippen LogP contribution in [0.3, 0.4) is 0 Å². The summed E-state index contributed by atoms with van der Waals surface area (Å²) in [6, 6.07) is 28.2. The van der Waals surface area contributed by atoms with E-state index in [1.807, 2.05) is 60.7 Å². The fourth-order valence-electron chi connectivity index (χ4n) is 3.69. The number of halogens is 2. The minimum Gasteiger partial charge on any atom is -0.273 e. The number of hydrogen-bond acceptors (Lipinski definition) is 2. The summed E-state index contributed by atoms with van der Waals surface area (Å²) in [5.41, 5.74) is 5.68. The van der Waals surface area contributed by atoms with E-state index in [4.69, 9.17) is 0 Å². The Kier molecular flexibility index (Phi) is 5.47. The summed E-state index contributed by atoms with van der Waals surface area (Å²) in [7, 11) is 0. The summed E-state index contributed by atoms with van der Waals surface area (Å²) in [5.74, 6) is -0.215. The molecule has 28 heavy (non-hydrogen) atoms. The molecule has 0 saturated heterocycles. The van der Waals surface area contributed by atoms with Gasteiger partial charge in [0, 0.05) is 15.5 Å². The van der Waals surface area contributed by atoms with Crippen molar-refractivity contribution in [2.45, 2.75) is 11.8 Å². The Balaban J connectivity index is 1.56. The van der Waals surface area contributed by atoms with Crippen molar-refractivity contribution in [2.75, 3.05) is 0 Å². The van der Waals surface area contributed by atoms with E-state index in [1.165, 1.54) is 0 Å². The molecule has 5 heteroatoms. The molecule has 1 fully saturated rings. The lowest BCUT2D eigenvalue weighted by molar-refractivity contribution is -0.122. The molecule has 1 saturated carbocycles. The Morgan fingerprint density at radius 1 is 0.893 bits per heavy atom. The van der Waals surface area contributed by atoms with Crippen molar-refractivity contribution in [3.63, 3.8) is 0 Å². The van der Waals surface area contributed by atoms with Gasteiger partial charge in [0.2, 0.25) is 5.91 Å². The monoisotopic (exact) mass is 496 g/mol. The van der Waals surface area contributed by atoms with Crippen LogP contribution >= 0.6 is 31.9 Å². The lowest BCUT2D eigenvalue weighted by atomic mass is 9.85. The van der Waals surface area contributed by atoms with Gasteiger partial charge in [0.25, 0.3) is 0 Å². The molecule has 3 nitrogen and oxygen atoms in total. The van der Waals surface area contributed by atoms with Gasteiger partial charge in [0.05, 0.1) is 5.92 Å². The van der Waals surface area contributed by atoms with Crippen LogP contribution in [-0.4, -0.2) is 10.5 Å². The summed E-state index contributed by atoms with van der Waals surface area (Å²) in [6.45, 7) is 0. The van der Waals surface area contributed by atoms with Crippen molar-refractivity contribution >= 4 is 42.4 Å². The maximum atomic E-state index is 12.9. The zero-order chi connectivity index (χ0) is 19.6. The summed E-state index contributed by atoms with van der Waals surface area (Å²) in [6.07, 6.45) is 0.776. The van der Waals surface area contributed by atoms with Crippen LogP contribution in [0.1, 0.15) is 23.1 Å². The Labute approximate surface area is 181 Å². The number of amides is 1. The molecule has 1 aliphatic rings. The molecule has 0 aromatic heterocycles. The molecule has 1 amide bonds. The van der Waals surface area contributed by atoms with E-state index < -0.39 is 0 Å². The van der Waals surface area contributed by atoms with Gasteiger partial charge in [-0.25, -0.2) is 5.43 Å². The van der Waals surface area contributed by atoms with Crippen LogP contribution in [0.15, 0.2) is 94.5 Å². The van der Waals surface area contributed by atoms with E-state index in [2.05, 4.69) is 66.7 Å². The van der Waals surface area contributed by atoms with Crippen LogP contribution in [0.2, 0.25) is 0 Å². The number of nitrogens with zero attached hydrogens (tertiary/aromatic N) is 1. The molecule has 0 spiro atoms. The van der Waals surface area contributed by atoms with Crippen LogP contribution in [0.4, 0.5) is 0 Å². The first-order chi connectivity index (χ1) is 13.6. The molecule has 0 heterocycles. The third-order valence-corrected chi connectivity index (χ3v) is 6.37. The molecule has 3 aromatic carbocycles. The summed E-state index contributed by atoms with van der Waals surface area (Å²) >= 11 is 6.86. The van der Waals surface area contributed by atoms with Crippen LogP contribution in [-0.2, 0) is 10.2 Å². The predicted octanol–water partition coefficient (Wildman–Crippen LogP) is 5.63. The first-order valence-corrected chi connectivity index (χ1v) is 10.6. The van der Waals surface area contributed by atoms with Gasteiger partial charge >= 0.3 is 0 Å². The molecule has 1 aliphatic carbocycles. The van der Waals surface area contributed by atoms with E-state index >= 15 is 0 Å². The summed E-state index contributed by atoms with van der Waals surface area (Å²) in [4.78, 5) is 12.9. The number of rotatable bonds is 5. The molecule has 0 aliphatic heterocycles. The SMILES string of the molecule is O=C(N/N=C(\Br)c1ccc(Br)cc1)C1CC1(c1ccccc1)c1ccccc1. The number of carbonyl (C=O) groups excluding carboxylic acids is 1. The highest BCUT2D eigenvalue weighted by molar-refractivity contribution is 9.18. The smallest absolute Gasteiger partial charge is 0.244 e. The lowest BCUT2D eigenvalue weighted by Gasteiger charge is -2.18. The fourth-order valence-corrected chi connectivity index (χ4v) is 4.31. The van der Waals surface area contributed by atoms with E-state index in [0.29, 0.717) is 4.62 Å². The number of carbonyl (C=O) groups is 1. The van der Waals surface area contributed by atoms with Crippen molar-refractivity contribution in [3.8, 4) is 0 Å². The number of hydrogen-bond donors (Lipinski definition) is 1. The summed E-state index contributed by atoms with van der Waals surface area (Å²) < 4.78 is 1.59. The Morgan fingerprint density at radius 3 is 1.96 bits per heavy atom. The van der Waals surface area contributed by atoms with Crippen molar-refractivity contribution in [2.24, 2.45) is 11.0 Å². The van der Waals surface area contributed by atoms with Gasteiger partial charge in [-0.15, -0.1) is 0 Å². The van der Waals surface area contributed by atoms with Gasteiger partial charge < -0.3 is 0 Å². The molecule has 1 N–H and O–H groups in total. The third kappa shape index (κ3) is 3.69. The molecule has 0 bridgehead atoms. The maximum Gasteiger partial charge on any atom is 0.244 e. The van der Waals surface area contributed by atoms with E-state index in [9.17, 15) is 4.79 Å². The number of benzene rings is 3. The average molecular weight is 498 g/mol. The van der Waals surface area contributed by atoms with Crippen LogP contribution in [0.5, 0.6) is 0 Å². The first-order valence-electron chi connectivity index (χ1n) is 9.01. The van der Waals surface area contributed by atoms with Crippen molar-refractivity contribution in [1.82, 2.24) is 5.43 Å². The molecule has 0 radical (unpaired) electrons. The molecule has 4 rings (SSSR count). The molecule has 3 aromatic rings. The second kappa shape index (κ2) is 8.02. The van der Waals surface area contributed by atoms with Gasteiger partial charge in [-0.1, -0.05) is 88.7 Å². The van der Waals surface area contributed by atoms with Crippen molar-refractivity contribution in [1.29, 1.82) is 0 Å². The lowest BCUT2D eigenvalue weighted by Crippen LogP contribution is -2.26. The average Bonchev–Trinajstić information content (AvgIpc) is 3.51. The van der Waals surface area contributed by atoms with Crippen molar-refractivity contribution in [3.05, 3.63) is 106 Å². The quantitative estimate of drug-likeness (QED) is 0.360. The predicted molar refractivity (Wildman–Crippen MR) is 120 cm³/mol. The van der Waals surface area contributed by atoms with E-state index in [-0.39, 0.29) is 17.2 Å². The Hall–Kier alpha value is -2.24. The van der Waals surface area contributed by atoms with Gasteiger partial charge in [0.1, 0.15) is 4.62 Å². The number of nitrogens with one attached hydrogen (secondary N) is 1. The third-order valence-electron chi connectivity index (χ3n) is 5.20. The second-order valence-corrected chi connectivity index (χ2v) is 8.51. The Morgan fingerprint density at radius 2 is 1.43 bits per heavy atom. The van der Waals surface area contributed by atoms with Crippen LogP contribution in [0.25, 0.3) is 0 Å². The second-order valence-electron chi connectivity index (χ2n) is 6.85. The minimum absolute atomic E-state index is 0.0678. The van der Waals surface area contributed by atoms with Crippen LogP contribution < -0.4 is 5.43 Å². The summed E-state index contributed by atoms with van der Waals surface area (Å²) in [5, 5.41) is 4.26.